The van der Waals surface area contributed by atoms with Crippen molar-refractivity contribution >= 4 is 43.1 Å². The molecule has 0 amide bonds. The molecule has 0 unspecified atom stereocenters. The van der Waals surface area contributed by atoms with Gasteiger partial charge < -0.3 is 4.74 Å². The van der Waals surface area contributed by atoms with Crippen molar-refractivity contribution in [1.29, 1.82) is 0 Å². The van der Waals surface area contributed by atoms with Crippen LogP contribution in [0.5, 0.6) is 5.75 Å². The maximum atomic E-state index is 12.5. The summed E-state index contributed by atoms with van der Waals surface area (Å²) in [6.45, 7) is 2.41. The lowest BCUT2D eigenvalue weighted by molar-refractivity contribution is 0.341. The fourth-order valence-corrected chi connectivity index (χ4v) is 3.55. The molecule has 3 rings (SSSR count). The van der Waals surface area contributed by atoms with Gasteiger partial charge in [-0.1, -0.05) is 23.7 Å². The molecule has 0 bridgehead atoms. The Labute approximate surface area is 119 Å². The Morgan fingerprint density at radius 2 is 1.95 bits per heavy atom. The van der Waals surface area contributed by atoms with Gasteiger partial charge in [0.2, 0.25) is 0 Å². The molecule has 1 heterocycles. The van der Waals surface area contributed by atoms with Gasteiger partial charge in [0.05, 0.1) is 17.0 Å². The van der Waals surface area contributed by atoms with Crippen molar-refractivity contribution in [3.8, 4) is 5.75 Å². The summed E-state index contributed by atoms with van der Waals surface area (Å²) in [6.07, 6.45) is 0. The fourth-order valence-electron chi connectivity index (χ4n) is 2.10. The van der Waals surface area contributed by atoms with Crippen LogP contribution in [0.2, 0.25) is 5.02 Å². The summed E-state index contributed by atoms with van der Waals surface area (Å²) in [5.74, 6) is 0.566. The van der Waals surface area contributed by atoms with Crippen LogP contribution in [0.4, 0.5) is 0 Å². The smallest absolute Gasteiger partial charge is 0.197 e. The molecule has 19 heavy (non-hydrogen) atoms. The molecular formula is C15H11ClO2S. The number of ether oxygens (including phenoxy) is 1. The Morgan fingerprint density at radius 3 is 2.74 bits per heavy atom. The Bertz CT molecular complexity index is 823. The van der Waals surface area contributed by atoms with Gasteiger partial charge in [0, 0.05) is 14.8 Å². The van der Waals surface area contributed by atoms with Crippen LogP contribution in [-0.4, -0.2) is 6.61 Å². The van der Waals surface area contributed by atoms with Crippen LogP contribution in [-0.2, 0) is 0 Å². The number of hydrogen-bond acceptors (Lipinski definition) is 3. The molecular weight excluding hydrogens is 280 g/mol. The van der Waals surface area contributed by atoms with Gasteiger partial charge >= 0.3 is 0 Å². The van der Waals surface area contributed by atoms with E-state index in [1.165, 1.54) is 0 Å². The highest BCUT2D eigenvalue weighted by atomic mass is 35.5. The fraction of sp³-hybridized carbons (Fsp3) is 0.133. The minimum atomic E-state index is -0.0316. The second-order valence-electron chi connectivity index (χ2n) is 4.11. The second kappa shape index (κ2) is 4.83. The van der Waals surface area contributed by atoms with Crippen LogP contribution in [0.25, 0.3) is 20.2 Å². The van der Waals surface area contributed by atoms with E-state index in [9.17, 15) is 4.79 Å². The zero-order valence-electron chi connectivity index (χ0n) is 10.3. The van der Waals surface area contributed by atoms with E-state index >= 15 is 0 Å². The first-order valence-electron chi connectivity index (χ1n) is 5.99. The van der Waals surface area contributed by atoms with E-state index in [1.54, 1.807) is 11.3 Å². The molecule has 96 valence electrons. The van der Waals surface area contributed by atoms with Gasteiger partial charge in [-0.15, -0.1) is 11.3 Å². The van der Waals surface area contributed by atoms with Gasteiger partial charge in [-0.25, -0.2) is 0 Å². The third-order valence-corrected chi connectivity index (χ3v) is 4.46. The summed E-state index contributed by atoms with van der Waals surface area (Å²) in [6, 6.07) is 11.3. The third-order valence-electron chi connectivity index (χ3n) is 2.95. The van der Waals surface area contributed by atoms with Crippen LogP contribution >= 0.6 is 22.9 Å². The SMILES string of the molecule is CCOc1ccc2sc3ccccc3c(=O)c2c1Cl. The van der Waals surface area contributed by atoms with E-state index < -0.39 is 0 Å². The van der Waals surface area contributed by atoms with Crippen molar-refractivity contribution in [3.05, 3.63) is 51.6 Å². The van der Waals surface area contributed by atoms with E-state index in [4.69, 9.17) is 16.3 Å². The first-order chi connectivity index (χ1) is 9.22. The minimum Gasteiger partial charge on any atom is -0.492 e. The van der Waals surface area contributed by atoms with Crippen LogP contribution < -0.4 is 10.2 Å². The molecule has 0 radical (unpaired) electrons. The largest absolute Gasteiger partial charge is 0.492 e. The Kier molecular flexibility index (Phi) is 3.17. The van der Waals surface area contributed by atoms with Crippen LogP contribution in [0.1, 0.15) is 6.92 Å². The summed E-state index contributed by atoms with van der Waals surface area (Å²) < 4.78 is 7.30. The summed E-state index contributed by atoms with van der Waals surface area (Å²) >= 11 is 7.87. The second-order valence-corrected chi connectivity index (χ2v) is 5.57. The highest BCUT2D eigenvalue weighted by Gasteiger charge is 2.12. The number of benzene rings is 2. The Hall–Kier alpha value is -1.58. The zero-order chi connectivity index (χ0) is 13.4. The van der Waals surface area contributed by atoms with Crippen molar-refractivity contribution in [2.24, 2.45) is 0 Å². The van der Waals surface area contributed by atoms with Crippen molar-refractivity contribution < 1.29 is 4.74 Å². The first kappa shape index (κ1) is 12.5. The molecule has 0 N–H and O–H groups in total. The summed E-state index contributed by atoms with van der Waals surface area (Å²) in [5, 5.41) is 1.67. The first-order valence-corrected chi connectivity index (χ1v) is 7.18. The Morgan fingerprint density at radius 1 is 1.16 bits per heavy atom. The molecule has 0 aliphatic carbocycles. The van der Waals surface area contributed by atoms with E-state index in [2.05, 4.69) is 0 Å². The average molecular weight is 291 g/mol. The average Bonchev–Trinajstić information content (AvgIpc) is 2.42. The molecule has 0 atom stereocenters. The summed E-state index contributed by atoms with van der Waals surface area (Å²) in [7, 11) is 0. The van der Waals surface area contributed by atoms with Crippen LogP contribution in [0.3, 0.4) is 0 Å². The maximum absolute atomic E-state index is 12.5. The van der Waals surface area contributed by atoms with E-state index in [0.717, 1.165) is 9.40 Å². The molecule has 0 aliphatic heterocycles. The van der Waals surface area contributed by atoms with Crippen molar-refractivity contribution in [3.63, 3.8) is 0 Å². The topological polar surface area (TPSA) is 26.3 Å². The van der Waals surface area contributed by atoms with Crippen LogP contribution in [0, 0.1) is 0 Å². The quantitative estimate of drug-likeness (QED) is 0.651. The highest BCUT2D eigenvalue weighted by Crippen LogP contribution is 2.34. The van der Waals surface area contributed by atoms with E-state index in [1.807, 2.05) is 43.3 Å². The molecule has 0 aliphatic rings. The van der Waals surface area contributed by atoms with Crippen molar-refractivity contribution in [2.45, 2.75) is 6.92 Å². The number of hydrogen-bond donors (Lipinski definition) is 0. The van der Waals surface area contributed by atoms with Gasteiger partial charge in [0.1, 0.15) is 5.75 Å². The number of fused-ring (bicyclic) bond motifs is 2. The lowest BCUT2D eigenvalue weighted by atomic mass is 10.2. The van der Waals surface area contributed by atoms with Gasteiger partial charge in [-0.3, -0.25) is 4.79 Å². The molecule has 0 saturated heterocycles. The number of rotatable bonds is 2. The Balaban J connectivity index is 2.46. The lowest BCUT2D eigenvalue weighted by Gasteiger charge is -2.08. The number of halogens is 1. The zero-order valence-corrected chi connectivity index (χ0v) is 11.8. The third kappa shape index (κ3) is 1.99. The molecule has 0 spiro atoms. The molecule has 4 heteroatoms. The highest BCUT2D eigenvalue weighted by molar-refractivity contribution is 7.24. The standard InChI is InChI=1S/C15H11ClO2S/c1-2-18-10-7-8-12-13(14(10)16)15(17)9-5-3-4-6-11(9)19-12/h3-8H,2H2,1H3. The predicted octanol–water partition coefficient (Wildman–Crippen LogP) is 4.47. The molecule has 0 fully saturated rings. The molecule has 2 aromatic carbocycles. The normalized spacial score (nSPS) is 11.1. The van der Waals surface area contributed by atoms with Crippen molar-refractivity contribution in [1.82, 2.24) is 0 Å². The van der Waals surface area contributed by atoms with Gasteiger partial charge in [0.25, 0.3) is 0 Å². The van der Waals surface area contributed by atoms with Gasteiger partial charge in [-0.2, -0.15) is 0 Å². The minimum absolute atomic E-state index is 0.0316. The van der Waals surface area contributed by atoms with Crippen LogP contribution in [0.15, 0.2) is 41.2 Å². The van der Waals surface area contributed by atoms with Gasteiger partial charge in [-0.05, 0) is 31.2 Å². The molecule has 3 aromatic rings. The summed E-state index contributed by atoms with van der Waals surface area (Å²) in [4.78, 5) is 12.5. The van der Waals surface area contributed by atoms with E-state index in [0.29, 0.717) is 28.2 Å². The molecule has 1 aromatic heterocycles. The molecule has 2 nitrogen and oxygen atoms in total. The van der Waals surface area contributed by atoms with E-state index in [-0.39, 0.29) is 5.43 Å². The monoisotopic (exact) mass is 290 g/mol. The predicted molar refractivity (Wildman–Crippen MR) is 81.8 cm³/mol. The molecule has 0 saturated carbocycles. The lowest BCUT2D eigenvalue weighted by Crippen LogP contribution is -2.03. The maximum Gasteiger partial charge on any atom is 0.197 e. The van der Waals surface area contributed by atoms with Gasteiger partial charge in [0.15, 0.2) is 5.43 Å². The van der Waals surface area contributed by atoms with Crippen molar-refractivity contribution in [2.75, 3.05) is 6.61 Å². The summed E-state index contributed by atoms with van der Waals surface area (Å²) in [5.41, 5.74) is -0.0316.